The summed E-state index contributed by atoms with van der Waals surface area (Å²) in [6.07, 6.45) is -4.70. The summed E-state index contributed by atoms with van der Waals surface area (Å²) >= 11 is 0. The molecule has 0 saturated heterocycles. The number of halogens is 4. The number of aryl methyl sites for hydroxylation is 1. The van der Waals surface area contributed by atoms with E-state index in [9.17, 15) is 17.6 Å². The van der Waals surface area contributed by atoms with E-state index in [2.05, 4.69) is 0 Å². The standard InChI is InChI=1S/C16H11F4N/c1-21-13-8-3-2-5-10(13)9-14(21)11-6-4-7-12(15(11)17)16(18,19)20/h2-9H,1H3. The molecule has 0 N–H and O–H groups in total. The lowest BCUT2D eigenvalue weighted by Gasteiger charge is -2.12. The number of fused-ring (bicyclic) bond motifs is 1. The Morgan fingerprint density at radius 3 is 2.33 bits per heavy atom. The van der Waals surface area contributed by atoms with Crippen molar-refractivity contribution in [3.05, 3.63) is 59.9 Å². The van der Waals surface area contributed by atoms with E-state index < -0.39 is 17.6 Å². The minimum atomic E-state index is -4.70. The van der Waals surface area contributed by atoms with E-state index in [1.54, 1.807) is 17.7 Å². The predicted molar refractivity (Wildman–Crippen MR) is 73.3 cm³/mol. The zero-order valence-electron chi connectivity index (χ0n) is 11.1. The molecule has 1 heterocycles. The summed E-state index contributed by atoms with van der Waals surface area (Å²) in [6.45, 7) is 0. The summed E-state index contributed by atoms with van der Waals surface area (Å²) in [5, 5.41) is 0.854. The summed E-state index contributed by atoms with van der Waals surface area (Å²) in [5.41, 5.74) is -0.0436. The Bertz CT molecular complexity index is 815. The first-order valence-corrected chi connectivity index (χ1v) is 6.30. The predicted octanol–water partition coefficient (Wildman–Crippen LogP) is 5.00. The number of aromatic nitrogens is 1. The van der Waals surface area contributed by atoms with Gasteiger partial charge in [0.2, 0.25) is 0 Å². The summed E-state index contributed by atoms with van der Waals surface area (Å²) in [7, 11) is 1.71. The van der Waals surface area contributed by atoms with Gasteiger partial charge in [-0.15, -0.1) is 0 Å². The van der Waals surface area contributed by atoms with Crippen molar-refractivity contribution in [1.82, 2.24) is 4.57 Å². The van der Waals surface area contributed by atoms with Crippen molar-refractivity contribution in [2.24, 2.45) is 7.05 Å². The summed E-state index contributed by atoms with van der Waals surface area (Å²) in [5.74, 6) is -1.24. The molecule has 0 saturated carbocycles. The molecule has 2 aromatic carbocycles. The molecule has 0 aliphatic rings. The molecule has 0 amide bonds. The molecular weight excluding hydrogens is 282 g/mol. The smallest absolute Gasteiger partial charge is 0.344 e. The maximum absolute atomic E-state index is 14.2. The van der Waals surface area contributed by atoms with Crippen LogP contribution in [-0.2, 0) is 13.2 Å². The summed E-state index contributed by atoms with van der Waals surface area (Å²) < 4.78 is 54.3. The highest BCUT2D eigenvalue weighted by molar-refractivity contribution is 5.87. The Hall–Kier alpha value is -2.30. The van der Waals surface area contributed by atoms with Gasteiger partial charge in [0.25, 0.3) is 0 Å². The van der Waals surface area contributed by atoms with Gasteiger partial charge in [-0.3, -0.25) is 0 Å². The molecule has 0 bridgehead atoms. The highest BCUT2D eigenvalue weighted by Crippen LogP contribution is 2.36. The normalized spacial score (nSPS) is 12.0. The van der Waals surface area contributed by atoms with Crippen molar-refractivity contribution in [3.8, 4) is 11.3 Å². The van der Waals surface area contributed by atoms with Crippen LogP contribution in [-0.4, -0.2) is 4.57 Å². The second kappa shape index (κ2) is 4.62. The SMILES string of the molecule is Cn1c(-c2cccc(C(F)(F)F)c2F)cc2ccccc21. The van der Waals surface area contributed by atoms with Crippen LogP contribution in [0.25, 0.3) is 22.2 Å². The topological polar surface area (TPSA) is 4.93 Å². The third-order valence-corrected chi connectivity index (χ3v) is 3.53. The van der Waals surface area contributed by atoms with Gasteiger partial charge >= 0.3 is 6.18 Å². The zero-order valence-corrected chi connectivity index (χ0v) is 11.1. The molecule has 21 heavy (non-hydrogen) atoms. The number of hydrogen-bond donors (Lipinski definition) is 0. The minimum Gasteiger partial charge on any atom is -0.344 e. The zero-order chi connectivity index (χ0) is 15.2. The van der Waals surface area contributed by atoms with Gasteiger partial charge in [-0.2, -0.15) is 13.2 Å². The first-order valence-electron chi connectivity index (χ1n) is 6.30. The van der Waals surface area contributed by atoms with Crippen molar-refractivity contribution in [1.29, 1.82) is 0 Å². The van der Waals surface area contributed by atoms with E-state index in [0.29, 0.717) is 5.69 Å². The molecule has 3 rings (SSSR count). The van der Waals surface area contributed by atoms with Gasteiger partial charge in [0.05, 0.1) is 11.3 Å². The summed E-state index contributed by atoms with van der Waals surface area (Å²) in [4.78, 5) is 0. The van der Waals surface area contributed by atoms with Crippen LogP contribution in [0.3, 0.4) is 0 Å². The third-order valence-electron chi connectivity index (χ3n) is 3.53. The second-order valence-electron chi connectivity index (χ2n) is 4.81. The van der Waals surface area contributed by atoms with Gasteiger partial charge in [0.15, 0.2) is 0 Å². The van der Waals surface area contributed by atoms with Crippen molar-refractivity contribution in [3.63, 3.8) is 0 Å². The minimum absolute atomic E-state index is 0.0523. The lowest BCUT2D eigenvalue weighted by atomic mass is 10.1. The first kappa shape index (κ1) is 13.7. The van der Waals surface area contributed by atoms with Gasteiger partial charge in [0, 0.05) is 23.5 Å². The van der Waals surface area contributed by atoms with Gasteiger partial charge < -0.3 is 4.57 Å². The average Bonchev–Trinajstić information content (AvgIpc) is 2.76. The van der Waals surface area contributed by atoms with Crippen LogP contribution in [0.5, 0.6) is 0 Å². The number of hydrogen-bond acceptors (Lipinski definition) is 0. The number of para-hydroxylation sites is 1. The van der Waals surface area contributed by atoms with Crippen LogP contribution in [0.15, 0.2) is 48.5 Å². The quantitative estimate of drug-likeness (QED) is 0.556. The maximum atomic E-state index is 14.2. The van der Waals surface area contributed by atoms with Crippen LogP contribution >= 0.6 is 0 Å². The number of benzene rings is 2. The van der Waals surface area contributed by atoms with Crippen LogP contribution in [0.1, 0.15) is 5.56 Å². The van der Waals surface area contributed by atoms with Crippen LogP contribution < -0.4 is 0 Å². The molecule has 1 aromatic heterocycles. The van der Waals surface area contributed by atoms with Crippen molar-refractivity contribution >= 4 is 10.9 Å². The molecule has 3 aromatic rings. The highest BCUT2D eigenvalue weighted by atomic mass is 19.4. The molecule has 0 aliphatic heterocycles. The van der Waals surface area contributed by atoms with E-state index in [1.165, 1.54) is 12.1 Å². The second-order valence-corrected chi connectivity index (χ2v) is 4.81. The molecule has 108 valence electrons. The largest absolute Gasteiger partial charge is 0.419 e. The molecule has 1 nitrogen and oxygen atoms in total. The van der Waals surface area contributed by atoms with Gasteiger partial charge in [-0.25, -0.2) is 4.39 Å². The van der Waals surface area contributed by atoms with E-state index in [4.69, 9.17) is 0 Å². The lowest BCUT2D eigenvalue weighted by Crippen LogP contribution is -2.09. The van der Waals surface area contributed by atoms with Gasteiger partial charge in [0.1, 0.15) is 5.82 Å². The average molecular weight is 293 g/mol. The Morgan fingerprint density at radius 2 is 1.67 bits per heavy atom. The Labute approximate surface area is 118 Å². The number of alkyl halides is 3. The fourth-order valence-corrected chi connectivity index (χ4v) is 2.50. The Morgan fingerprint density at radius 1 is 0.952 bits per heavy atom. The van der Waals surface area contributed by atoms with Crippen LogP contribution in [0.2, 0.25) is 0 Å². The van der Waals surface area contributed by atoms with Crippen LogP contribution in [0.4, 0.5) is 17.6 Å². The maximum Gasteiger partial charge on any atom is 0.419 e. The molecular formula is C16H11F4N. The highest BCUT2D eigenvalue weighted by Gasteiger charge is 2.35. The van der Waals surface area contributed by atoms with Gasteiger partial charge in [-0.05, 0) is 24.3 Å². The molecule has 0 fully saturated rings. The number of nitrogens with zero attached hydrogens (tertiary/aromatic N) is 1. The fraction of sp³-hybridized carbons (Fsp3) is 0.125. The lowest BCUT2D eigenvalue weighted by molar-refractivity contribution is -0.139. The first-order chi connectivity index (χ1) is 9.89. The Balaban J connectivity index is 2.26. The van der Waals surface area contributed by atoms with E-state index in [-0.39, 0.29) is 5.56 Å². The van der Waals surface area contributed by atoms with Crippen molar-refractivity contribution in [2.45, 2.75) is 6.18 Å². The molecule has 0 aliphatic carbocycles. The fourth-order valence-electron chi connectivity index (χ4n) is 2.50. The van der Waals surface area contributed by atoms with E-state index in [0.717, 1.165) is 17.0 Å². The molecule has 0 spiro atoms. The molecule has 5 heteroatoms. The number of rotatable bonds is 1. The monoisotopic (exact) mass is 293 g/mol. The third kappa shape index (κ3) is 2.18. The molecule has 0 radical (unpaired) electrons. The van der Waals surface area contributed by atoms with Crippen molar-refractivity contribution < 1.29 is 17.6 Å². The summed E-state index contributed by atoms with van der Waals surface area (Å²) in [6, 6.07) is 12.4. The molecule has 0 atom stereocenters. The van der Waals surface area contributed by atoms with Crippen molar-refractivity contribution in [2.75, 3.05) is 0 Å². The molecule has 0 unspecified atom stereocenters. The van der Waals surface area contributed by atoms with E-state index in [1.807, 2.05) is 24.3 Å². The van der Waals surface area contributed by atoms with E-state index >= 15 is 0 Å². The van der Waals surface area contributed by atoms with Gasteiger partial charge in [-0.1, -0.05) is 24.3 Å². The van der Waals surface area contributed by atoms with Crippen LogP contribution in [0, 0.1) is 5.82 Å². The Kier molecular flexibility index (Phi) is 3.01.